The van der Waals surface area contributed by atoms with Crippen LogP contribution in [-0.2, 0) is 4.74 Å². The van der Waals surface area contributed by atoms with Gasteiger partial charge in [0.15, 0.2) is 5.75 Å². The summed E-state index contributed by atoms with van der Waals surface area (Å²) in [4.78, 5) is 21.7. The van der Waals surface area contributed by atoms with Gasteiger partial charge in [0.05, 0.1) is 11.0 Å². The third kappa shape index (κ3) is 2.55. The van der Waals surface area contributed by atoms with Crippen LogP contribution in [0.3, 0.4) is 0 Å². The van der Waals surface area contributed by atoms with Crippen molar-refractivity contribution >= 4 is 27.7 Å². The van der Waals surface area contributed by atoms with Crippen LogP contribution in [0.4, 0.5) is 10.5 Å². The summed E-state index contributed by atoms with van der Waals surface area (Å²) in [7, 11) is 0. The molecule has 1 aromatic rings. The van der Waals surface area contributed by atoms with Crippen LogP contribution >= 0.6 is 15.9 Å². The number of hydrogen-bond donors (Lipinski definition) is 2. The summed E-state index contributed by atoms with van der Waals surface area (Å²) in [5.74, 6) is -0.446. The second-order valence-corrected chi connectivity index (χ2v) is 6.18. The van der Waals surface area contributed by atoms with Gasteiger partial charge in [0.2, 0.25) is 0 Å². The number of carbonyl (C=O) groups is 1. The lowest BCUT2D eigenvalue weighted by Crippen LogP contribution is -2.46. The molecule has 0 bridgehead atoms. The second-order valence-electron chi connectivity index (χ2n) is 5.26. The Morgan fingerprint density at radius 2 is 2.20 bits per heavy atom. The molecule has 0 aliphatic carbocycles. The van der Waals surface area contributed by atoms with Crippen molar-refractivity contribution in [3.05, 3.63) is 32.3 Å². The van der Waals surface area contributed by atoms with Gasteiger partial charge in [-0.2, -0.15) is 0 Å². The molecule has 0 saturated carbocycles. The molecule has 1 heterocycles. The number of phenols is 1. The lowest BCUT2D eigenvalue weighted by atomic mass is 9.80. The van der Waals surface area contributed by atoms with Gasteiger partial charge in [-0.05, 0) is 6.07 Å². The Hall–Kier alpha value is -1.83. The summed E-state index contributed by atoms with van der Waals surface area (Å²) < 4.78 is 5.37. The summed E-state index contributed by atoms with van der Waals surface area (Å²) >= 11 is 3.18. The standard InChI is InChI=1S/C12H13BrN2O5/c1-12(2)5-20-11(17)14-10(12)7-3-6(13)4-8(9(7)16)15(18)19/h3-4,10,16H,5H2,1-2H3,(H,14,17)/t10-/m0/s1. The number of rotatable bonds is 2. The quantitative estimate of drug-likeness (QED) is 0.634. The molecule has 1 amide bonds. The zero-order valence-corrected chi connectivity index (χ0v) is 12.4. The molecule has 1 aliphatic heterocycles. The number of halogens is 1. The Morgan fingerprint density at radius 3 is 2.80 bits per heavy atom. The van der Waals surface area contributed by atoms with Crippen molar-refractivity contribution in [2.45, 2.75) is 19.9 Å². The highest BCUT2D eigenvalue weighted by molar-refractivity contribution is 9.10. The first-order valence-electron chi connectivity index (χ1n) is 5.82. The van der Waals surface area contributed by atoms with Crippen molar-refractivity contribution in [1.29, 1.82) is 0 Å². The van der Waals surface area contributed by atoms with Gasteiger partial charge in [0, 0.05) is 21.5 Å². The molecule has 0 unspecified atom stereocenters. The van der Waals surface area contributed by atoms with Crippen molar-refractivity contribution < 1.29 is 19.6 Å². The maximum atomic E-state index is 11.4. The van der Waals surface area contributed by atoms with E-state index in [1.807, 2.05) is 13.8 Å². The van der Waals surface area contributed by atoms with Gasteiger partial charge in [-0.3, -0.25) is 10.1 Å². The van der Waals surface area contributed by atoms with Crippen LogP contribution in [0.5, 0.6) is 5.75 Å². The Labute approximate surface area is 123 Å². The molecular weight excluding hydrogens is 332 g/mol. The number of cyclic esters (lactones) is 1. The van der Waals surface area contributed by atoms with E-state index in [4.69, 9.17) is 4.74 Å². The molecule has 2 rings (SSSR count). The first-order valence-corrected chi connectivity index (χ1v) is 6.62. The Balaban J connectivity index is 2.56. The third-order valence-corrected chi connectivity index (χ3v) is 3.67. The normalized spacial score (nSPS) is 20.9. The highest BCUT2D eigenvalue weighted by Crippen LogP contribution is 2.44. The topological polar surface area (TPSA) is 102 Å². The predicted molar refractivity (Wildman–Crippen MR) is 73.5 cm³/mol. The zero-order chi connectivity index (χ0) is 15.1. The summed E-state index contributed by atoms with van der Waals surface area (Å²) in [6.07, 6.45) is -0.614. The van der Waals surface area contributed by atoms with Crippen molar-refractivity contribution in [3.8, 4) is 5.75 Å². The lowest BCUT2D eigenvalue weighted by Gasteiger charge is -2.38. The maximum Gasteiger partial charge on any atom is 0.407 e. The second kappa shape index (κ2) is 4.93. The molecule has 1 aliphatic rings. The number of nitro benzene ring substituents is 1. The number of phenolic OH excluding ortho intramolecular Hbond substituents is 1. The number of benzene rings is 1. The molecule has 20 heavy (non-hydrogen) atoms. The average molecular weight is 345 g/mol. The van der Waals surface area contributed by atoms with E-state index in [0.717, 1.165) is 0 Å². The first kappa shape index (κ1) is 14.6. The molecule has 7 nitrogen and oxygen atoms in total. The minimum absolute atomic E-state index is 0.156. The van der Waals surface area contributed by atoms with Gasteiger partial charge < -0.3 is 15.2 Å². The molecule has 1 saturated heterocycles. The molecule has 0 aromatic heterocycles. The van der Waals surface area contributed by atoms with Crippen LogP contribution in [0.15, 0.2) is 16.6 Å². The van der Waals surface area contributed by atoms with E-state index >= 15 is 0 Å². The van der Waals surface area contributed by atoms with Crippen molar-refractivity contribution in [1.82, 2.24) is 5.32 Å². The van der Waals surface area contributed by atoms with Crippen LogP contribution < -0.4 is 5.32 Å². The fourth-order valence-electron chi connectivity index (χ4n) is 2.15. The maximum absolute atomic E-state index is 11.4. The number of hydrogen-bond acceptors (Lipinski definition) is 5. The van der Waals surface area contributed by atoms with Gasteiger partial charge in [0.25, 0.3) is 0 Å². The van der Waals surface area contributed by atoms with Crippen LogP contribution in [-0.4, -0.2) is 22.7 Å². The fourth-order valence-corrected chi connectivity index (χ4v) is 2.62. The smallest absolute Gasteiger partial charge is 0.407 e. The van der Waals surface area contributed by atoms with E-state index < -0.39 is 33.9 Å². The number of amides is 1. The van der Waals surface area contributed by atoms with Crippen molar-refractivity contribution in [2.75, 3.05) is 6.61 Å². The van der Waals surface area contributed by atoms with Gasteiger partial charge in [0.1, 0.15) is 6.61 Å². The van der Waals surface area contributed by atoms with Gasteiger partial charge in [-0.1, -0.05) is 29.8 Å². The van der Waals surface area contributed by atoms with E-state index in [-0.39, 0.29) is 12.2 Å². The van der Waals surface area contributed by atoms with Crippen LogP contribution in [0.25, 0.3) is 0 Å². The number of ether oxygens (including phenoxy) is 1. The molecule has 0 spiro atoms. The van der Waals surface area contributed by atoms with Gasteiger partial charge in [-0.25, -0.2) is 4.79 Å². The molecule has 8 heteroatoms. The summed E-state index contributed by atoms with van der Waals surface area (Å²) in [5.41, 5.74) is -0.640. The molecule has 1 aromatic carbocycles. The SMILES string of the molecule is CC1(C)COC(=O)N[C@H]1c1cc(Br)cc([N+](=O)[O-])c1O. The Bertz CT molecular complexity index is 587. The monoisotopic (exact) mass is 344 g/mol. The van der Waals surface area contributed by atoms with E-state index in [2.05, 4.69) is 21.2 Å². The van der Waals surface area contributed by atoms with E-state index in [1.165, 1.54) is 6.07 Å². The number of aromatic hydroxyl groups is 1. The largest absolute Gasteiger partial charge is 0.502 e. The minimum Gasteiger partial charge on any atom is -0.502 e. The number of nitro groups is 1. The first-order chi connectivity index (χ1) is 9.22. The zero-order valence-electron chi connectivity index (χ0n) is 10.8. The van der Waals surface area contributed by atoms with E-state index in [1.54, 1.807) is 6.07 Å². The number of nitrogens with zero attached hydrogens (tertiary/aromatic N) is 1. The third-order valence-electron chi connectivity index (χ3n) is 3.21. The predicted octanol–water partition coefficient (Wildman–Crippen LogP) is 2.87. The van der Waals surface area contributed by atoms with Crippen LogP contribution in [0.2, 0.25) is 0 Å². The molecular formula is C12H13BrN2O5. The molecule has 2 N–H and O–H groups in total. The van der Waals surface area contributed by atoms with E-state index in [0.29, 0.717) is 4.47 Å². The van der Waals surface area contributed by atoms with Gasteiger partial charge >= 0.3 is 11.8 Å². The molecule has 1 fully saturated rings. The fraction of sp³-hybridized carbons (Fsp3) is 0.417. The number of nitrogens with one attached hydrogen (secondary N) is 1. The minimum atomic E-state index is -0.669. The number of alkyl carbamates (subject to hydrolysis) is 1. The summed E-state index contributed by atoms with van der Waals surface area (Å²) in [6.45, 7) is 3.83. The van der Waals surface area contributed by atoms with Crippen LogP contribution in [0.1, 0.15) is 25.5 Å². The lowest BCUT2D eigenvalue weighted by molar-refractivity contribution is -0.386. The van der Waals surface area contributed by atoms with Crippen molar-refractivity contribution in [3.63, 3.8) is 0 Å². The highest BCUT2D eigenvalue weighted by atomic mass is 79.9. The highest BCUT2D eigenvalue weighted by Gasteiger charge is 2.40. The van der Waals surface area contributed by atoms with E-state index in [9.17, 15) is 20.0 Å². The molecule has 1 atom stereocenters. The molecule has 0 radical (unpaired) electrons. The number of carbonyl (C=O) groups excluding carboxylic acids is 1. The average Bonchev–Trinajstić information content (AvgIpc) is 2.34. The molecule has 108 valence electrons. The summed E-state index contributed by atoms with van der Waals surface area (Å²) in [6, 6.07) is 2.19. The summed E-state index contributed by atoms with van der Waals surface area (Å²) in [5, 5.41) is 23.6. The van der Waals surface area contributed by atoms with Gasteiger partial charge in [-0.15, -0.1) is 0 Å². The Kier molecular flexibility index (Phi) is 3.59. The van der Waals surface area contributed by atoms with Crippen LogP contribution in [0, 0.1) is 15.5 Å². The van der Waals surface area contributed by atoms with Crippen molar-refractivity contribution in [2.24, 2.45) is 5.41 Å². The Morgan fingerprint density at radius 1 is 1.55 bits per heavy atom.